The van der Waals surface area contributed by atoms with Gasteiger partial charge in [0.2, 0.25) is 15.9 Å². The Morgan fingerprint density at radius 1 is 1.06 bits per heavy atom. The summed E-state index contributed by atoms with van der Waals surface area (Å²) in [6.07, 6.45) is 0.821. The van der Waals surface area contributed by atoms with E-state index in [1.807, 2.05) is 18.2 Å². The van der Waals surface area contributed by atoms with E-state index < -0.39 is 10.0 Å². The van der Waals surface area contributed by atoms with Crippen LogP contribution in [-0.4, -0.2) is 71.0 Å². The van der Waals surface area contributed by atoms with Gasteiger partial charge in [-0.25, -0.2) is 8.42 Å². The van der Waals surface area contributed by atoms with Crippen LogP contribution in [0.5, 0.6) is 17.2 Å². The molecule has 4 rings (SSSR count). The highest BCUT2D eigenvalue weighted by atomic mass is 32.2. The van der Waals surface area contributed by atoms with Gasteiger partial charge in [0.1, 0.15) is 5.75 Å². The number of thioether (sulfide) groups is 1. The maximum atomic E-state index is 13.0. The number of hydrogen-bond acceptors (Lipinski definition) is 8. The third-order valence-electron chi connectivity index (χ3n) is 5.14. The molecule has 2 aromatic rings. The average Bonchev–Trinajstić information content (AvgIpc) is 3.08. The molecule has 0 saturated carbocycles. The number of ether oxygens (including phenoxy) is 4. The lowest BCUT2D eigenvalue weighted by molar-refractivity contribution is -0.113. The molecule has 0 radical (unpaired) electrons. The molecule has 0 unspecified atom stereocenters. The van der Waals surface area contributed by atoms with E-state index in [0.717, 1.165) is 11.3 Å². The Kier molecular flexibility index (Phi) is 7.63. The van der Waals surface area contributed by atoms with Crippen LogP contribution in [-0.2, 0) is 19.6 Å². The van der Waals surface area contributed by atoms with Crippen LogP contribution in [0.3, 0.4) is 0 Å². The molecule has 1 fully saturated rings. The summed E-state index contributed by atoms with van der Waals surface area (Å²) in [6, 6.07) is 10.0. The summed E-state index contributed by atoms with van der Waals surface area (Å²) >= 11 is 1.34. The third-order valence-corrected chi connectivity index (χ3v) is 8.03. The van der Waals surface area contributed by atoms with Crippen LogP contribution >= 0.6 is 11.8 Å². The van der Waals surface area contributed by atoms with Crippen LogP contribution in [0, 0.1) is 0 Å². The first-order chi connectivity index (χ1) is 16.0. The summed E-state index contributed by atoms with van der Waals surface area (Å²) in [5, 5.41) is 2.77. The minimum atomic E-state index is -3.70. The smallest absolute Gasteiger partial charge is 0.243 e. The number of hydrogen-bond donors (Lipinski definition) is 1. The van der Waals surface area contributed by atoms with E-state index in [0.29, 0.717) is 62.5 Å². The maximum Gasteiger partial charge on any atom is 0.243 e. The van der Waals surface area contributed by atoms with E-state index in [2.05, 4.69) is 5.32 Å². The van der Waals surface area contributed by atoms with Crippen molar-refractivity contribution >= 4 is 33.4 Å². The number of morpholine rings is 1. The van der Waals surface area contributed by atoms with Crippen LogP contribution in [0.25, 0.3) is 0 Å². The van der Waals surface area contributed by atoms with Gasteiger partial charge in [0, 0.05) is 24.4 Å². The Hall–Kier alpha value is -2.47. The van der Waals surface area contributed by atoms with Gasteiger partial charge in [-0.05, 0) is 36.4 Å². The summed E-state index contributed by atoms with van der Waals surface area (Å²) in [6.45, 7) is 2.51. The molecule has 178 valence electrons. The van der Waals surface area contributed by atoms with Crippen molar-refractivity contribution in [3.8, 4) is 17.2 Å². The van der Waals surface area contributed by atoms with Gasteiger partial charge in [0.25, 0.3) is 0 Å². The van der Waals surface area contributed by atoms with Crippen LogP contribution in [0.1, 0.15) is 6.42 Å². The number of amides is 1. The molecule has 0 spiro atoms. The number of nitrogens with zero attached hydrogens (tertiary/aromatic N) is 1. The summed E-state index contributed by atoms with van der Waals surface area (Å²) < 4.78 is 49.2. The number of benzene rings is 2. The predicted molar refractivity (Wildman–Crippen MR) is 124 cm³/mol. The predicted octanol–water partition coefficient (Wildman–Crippen LogP) is 2.61. The molecule has 0 aromatic heterocycles. The highest BCUT2D eigenvalue weighted by molar-refractivity contribution is 8.00. The highest BCUT2D eigenvalue weighted by Gasteiger charge is 2.27. The number of fused-ring (bicyclic) bond motifs is 1. The largest absolute Gasteiger partial charge is 0.495 e. The van der Waals surface area contributed by atoms with Gasteiger partial charge in [0.05, 0.1) is 49.9 Å². The van der Waals surface area contributed by atoms with E-state index in [1.165, 1.54) is 35.3 Å². The van der Waals surface area contributed by atoms with Crippen LogP contribution in [0.4, 0.5) is 5.69 Å². The first-order valence-electron chi connectivity index (χ1n) is 10.6. The normalized spacial score (nSPS) is 16.6. The van der Waals surface area contributed by atoms with Gasteiger partial charge in [-0.1, -0.05) is 0 Å². The fourth-order valence-electron chi connectivity index (χ4n) is 3.45. The van der Waals surface area contributed by atoms with Crippen molar-refractivity contribution in [2.45, 2.75) is 16.2 Å². The van der Waals surface area contributed by atoms with Crippen LogP contribution in [0.2, 0.25) is 0 Å². The lowest BCUT2D eigenvalue weighted by atomic mass is 10.3. The van der Waals surface area contributed by atoms with Crippen molar-refractivity contribution in [3.05, 3.63) is 36.4 Å². The van der Waals surface area contributed by atoms with E-state index in [-0.39, 0.29) is 16.6 Å². The zero-order chi connectivity index (χ0) is 23.3. The molecule has 2 aliphatic rings. The monoisotopic (exact) mass is 494 g/mol. The second-order valence-electron chi connectivity index (χ2n) is 7.37. The standard InChI is InChI=1S/C22H26N2O7S2/c1-28-19-6-4-17(33(26,27)24-7-11-29-12-8-24)14-18(19)23-22(25)15-32-16-3-5-20-21(13-16)31-10-2-9-30-20/h3-6,13-14H,2,7-12,15H2,1H3,(H,23,25). The lowest BCUT2D eigenvalue weighted by Gasteiger charge is -2.26. The molecule has 0 bridgehead atoms. The molecule has 33 heavy (non-hydrogen) atoms. The Morgan fingerprint density at radius 3 is 2.58 bits per heavy atom. The van der Waals surface area contributed by atoms with Gasteiger partial charge in [-0.15, -0.1) is 11.8 Å². The van der Waals surface area contributed by atoms with Gasteiger partial charge in [-0.2, -0.15) is 4.31 Å². The molecule has 2 aliphatic heterocycles. The summed E-state index contributed by atoms with van der Waals surface area (Å²) in [5.41, 5.74) is 0.302. The number of sulfonamides is 1. The van der Waals surface area contributed by atoms with Crippen molar-refractivity contribution in [1.29, 1.82) is 0 Å². The molecule has 9 nitrogen and oxygen atoms in total. The SMILES string of the molecule is COc1ccc(S(=O)(=O)N2CCOCC2)cc1NC(=O)CSc1ccc2c(c1)OCCCO2. The second kappa shape index (κ2) is 10.6. The number of carbonyl (C=O) groups is 1. The first kappa shape index (κ1) is 23.7. The molecule has 1 amide bonds. The Labute approximate surface area is 197 Å². The minimum absolute atomic E-state index is 0.0936. The first-order valence-corrected chi connectivity index (χ1v) is 13.0. The minimum Gasteiger partial charge on any atom is -0.495 e. The number of nitrogens with one attached hydrogen (secondary N) is 1. The van der Waals surface area contributed by atoms with Gasteiger partial charge >= 0.3 is 0 Å². The Balaban J connectivity index is 1.44. The van der Waals surface area contributed by atoms with Crippen molar-refractivity contribution in [2.75, 3.05) is 57.7 Å². The topological polar surface area (TPSA) is 103 Å². The number of anilines is 1. The quantitative estimate of drug-likeness (QED) is 0.586. The summed E-state index contributed by atoms with van der Waals surface area (Å²) in [4.78, 5) is 13.6. The number of methoxy groups -OCH3 is 1. The second-order valence-corrected chi connectivity index (χ2v) is 10.4. The molecule has 1 N–H and O–H groups in total. The van der Waals surface area contributed by atoms with Crippen molar-refractivity contribution in [3.63, 3.8) is 0 Å². The van der Waals surface area contributed by atoms with Gasteiger partial charge < -0.3 is 24.3 Å². The van der Waals surface area contributed by atoms with Crippen molar-refractivity contribution < 1.29 is 32.2 Å². The third kappa shape index (κ3) is 5.72. The fraction of sp³-hybridized carbons (Fsp3) is 0.409. The molecular weight excluding hydrogens is 468 g/mol. The molecule has 0 aliphatic carbocycles. The molecule has 0 atom stereocenters. The zero-order valence-electron chi connectivity index (χ0n) is 18.2. The molecular formula is C22H26N2O7S2. The van der Waals surface area contributed by atoms with Gasteiger partial charge in [-0.3, -0.25) is 4.79 Å². The van der Waals surface area contributed by atoms with Gasteiger partial charge in [0.15, 0.2) is 11.5 Å². The fourth-order valence-corrected chi connectivity index (χ4v) is 5.61. The van der Waals surface area contributed by atoms with Crippen molar-refractivity contribution in [1.82, 2.24) is 4.31 Å². The van der Waals surface area contributed by atoms with Crippen molar-refractivity contribution in [2.24, 2.45) is 0 Å². The summed E-state index contributed by atoms with van der Waals surface area (Å²) in [5.74, 6) is 1.59. The number of rotatable bonds is 7. The average molecular weight is 495 g/mol. The summed E-state index contributed by atoms with van der Waals surface area (Å²) in [7, 11) is -2.23. The molecule has 11 heteroatoms. The van der Waals surface area contributed by atoms with E-state index in [9.17, 15) is 13.2 Å². The molecule has 2 aromatic carbocycles. The maximum absolute atomic E-state index is 13.0. The molecule has 2 heterocycles. The Bertz CT molecular complexity index is 1100. The lowest BCUT2D eigenvalue weighted by Crippen LogP contribution is -2.40. The molecule has 1 saturated heterocycles. The van der Waals surface area contributed by atoms with Crippen LogP contribution in [0.15, 0.2) is 46.2 Å². The van der Waals surface area contributed by atoms with E-state index in [1.54, 1.807) is 6.07 Å². The van der Waals surface area contributed by atoms with E-state index in [4.69, 9.17) is 18.9 Å². The van der Waals surface area contributed by atoms with Crippen LogP contribution < -0.4 is 19.5 Å². The zero-order valence-corrected chi connectivity index (χ0v) is 19.9. The Morgan fingerprint density at radius 2 is 1.82 bits per heavy atom. The number of carbonyl (C=O) groups excluding carboxylic acids is 1. The highest BCUT2D eigenvalue weighted by Crippen LogP contribution is 2.34. The van der Waals surface area contributed by atoms with E-state index >= 15 is 0 Å².